The minimum atomic E-state index is -0.942. The molecule has 0 aliphatic heterocycles. The first-order chi connectivity index (χ1) is 15.0. The Morgan fingerprint density at radius 2 is 1.75 bits per heavy atom. The van der Waals surface area contributed by atoms with Crippen molar-refractivity contribution in [3.63, 3.8) is 0 Å². The van der Waals surface area contributed by atoms with Gasteiger partial charge in [0.15, 0.2) is 6.10 Å². The van der Waals surface area contributed by atoms with Gasteiger partial charge >= 0.3 is 24.8 Å². The summed E-state index contributed by atoms with van der Waals surface area (Å²) in [6.45, 7) is 5.56. The van der Waals surface area contributed by atoms with Crippen LogP contribution in [0.4, 0.5) is 0 Å². The maximum atomic E-state index is 11.3. The fourth-order valence-electron chi connectivity index (χ4n) is 3.49. The van der Waals surface area contributed by atoms with Crippen molar-refractivity contribution in [3.8, 4) is 17.0 Å². The summed E-state index contributed by atoms with van der Waals surface area (Å²) in [6, 6.07) is 20.4. The van der Waals surface area contributed by atoms with E-state index in [0.29, 0.717) is 19.6 Å². The predicted octanol–water partition coefficient (Wildman–Crippen LogP) is 4.65. The monoisotopic (exact) mass is 447 g/mol. The number of aryl methyl sites for hydroxylation is 1. The molecule has 5 nitrogen and oxygen atoms in total. The number of carboxylic acids is 1. The maximum absolute atomic E-state index is 11.3. The van der Waals surface area contributed by atoms with E-state index < -0.39 is 12.1 Å². The molecule has 3 aromatic rings. The molecular weight excluding hydrogens is 417 g/mol. The molecule has 0 spiro atoms. The SMILES string of the molecule is CCOC(Cc1ccc(OCCn2c(C)ccc2-c2ccc(SC)cc2)cc1)C(=O)O.[LiH]. The van der Waals surface area contributed by atoms with E-state index in [9.17, 15) is 9.90 Å². The van der Waals surface area contributed by atoms with E-state index >= 15 is 0 Å². The Labute approximate surface area is 206 Å². The first kappa shape index (κ1) is 26.2. The number of nitrogens with zero attached hydrogens (tertiary/aromatic N) is 1. The molecule has 32 heavy (non-hydrogen) atoms. The predicted molar refractivity (Wildman–Crippen MR) is 132 cm³/mol. The van der Waals surface area contributed by atoms with E-state index in [1.54, 1.807) is 18.7 Å². The summed E-state index contributed by atoms with van der Waals surface area (Å²) in [6.07, 6.45) is 1.59. The molecule has 0 saturated carbocycles. The number of carboxylic acid groups (broad SMARTS) is 1. The number of carbonyl (C=O) groups is 1. The van der Waals surface area contributed by atoms with Crippen molar-refractivity contribution in [2.45, 2.75) is 37.8 Å². The molecule has 0 saturated heterocycles. The van der Waals surface area contributed by atoms with Gasteiger partial charge in [0.05, 0.1) is 6.54 Å². The number of thioether (sulfide) groups is 1. The molecule has 3 rings (SSSR count). The Bertz CT molecular complexity index is 986. The fourth-order valence-corrected chi connectivity index (χ4v) is 3.90. The molecule has 1 N–H and O–H groups in total. The normalized spacial score (nSPS) is 11.6. The average molecular weight is 448 g/mol. The zero-order valence-electron chi connectivity index (χ0n) is 18.2. The third-order valence-electron chi connectivity index (χ3n) is 5.16. The van der Waals surface area contributed by atoms with E-state index in [4.69, 9.17) is 9.47 Å². The molecular formula is C25H30LiNO4S. The van der Waals surface area contributed by atoms with Crippen molar-refractivity contribution in [1.82, 2.24) is 4.57 Å². The van der Waals surface area contributed by atoms with Crippen LogP contribution in [0.15, 0.2) is 65.6 Å². The summed E-state index contributed by atoms with van der Waals surface area (Å²) >= 11 is 1.74. The summed E-state index contributed by atoms with van der Waals surface area (Å²) < 4.78 is 13.5. The number of ether oxygens (including phenoxy) is 2. The Morgan fingerprint density at radius 3 is 2.34 bits per heavy atom. The molecule has 1 aromatic heterocycles. The molecule has 0 bridgehead atoms. The Morgan fingerprint density at radius 1 is 1.06 bits per heavy atom. The van der Waals surface area contributed by atoms with E-state index in [1.807, 2.05) is 24.3 Å². The zero-order valence-corrected chi connectivity index (χ0v) is 19.0. The van der Waals surface area contributed by atoms with Crippen molar-refractivity contribution in [3.05, 3.63) is 71.9 Å². The minimum absolute atomic E-state index is 0. The van der Waals surface area contributed by atoms with Crippen molar-refractivity contribution in [2.24, 2.45) is 0 Å². The van der Waals surface area contributed by atoms with E-state index in [1.165, 1.54) is 21.8 Å². The number of benzene rings is 2. The molecule has 0 aliphatic carbocycles. The number of hydrogen-bond donors (Lipinski definition) is 1. The second-order valence-electron chi connectivity index (χ2n) is 7.22. The third-order valence-corrected chi connectivity index (χ3v) is 5.90. The number of aromatic nitrogens is 1. The molecule has 0 radical (unpaired) electrons. The second-order valence-corrected chi connectivity index (χ2v) is 8.10. The van der Waals surface area contributed by atoms with Gasteiger partial charge in [-0.05, 0) is 67.6 Å². The topological polar surface area (TPSA) is 60.7 Å². The molecule has 1 heterocycles. The molecule has 166 valence electrons. The van der Waals surface area contributed by atoms with Crippen LogP contribution in [-0.4, -0.2) is 60.1 Å². The van der Waals surface area contributed by atoms with Gasteiger partial charge in [0.2, 0.25) is 0 Å². The van der Waals surface area contributed by atoms with Gasteiger partial charge in [0, 0.05) is 29.3 Å². The van der Waals surface area contributed by atoms with Crippen LogP contribution in [0.1, 0.15) is 18.2 Å². The molecule has 0 amide bonds. The standard InChI is InChI=1S/C25H29NO4S.Li.H/c1-4-29-24(25(27)28)17-19-6-10-21(11-7-19)30-16-15-26-18(2)5-14-23(26)20-8-12-22(31-3)13-9-20;;/h5-14,24H,4,15-17H2,1-3H3,(H,27,28);;. The molecule has 1 atom stereocenters. The van der Waals surface area contributed by atoms with E-state index in [0.717, 1.165) is 17.9 Å². The van der Waals surface area contributed by atoms with Crippen molar-refractivity contribution < 1.29 is 19.4 Å². The quantitative estimate of drug-likeness (QED) is 0.343. The first-order valence-electron chi connectivity index (χ1n) is 10.4. The Kier molecular flexibility index (Phi) is 10.5. The molecule has 7 heteroatoms. The molecule has 0 fully saturated rings. The molecule has 2 aromatic carbocycles. The Balaban J connectivity index is 0.00000363. The third kappa shape index (κ3) is 6.95. The van der Waals surface area contributed by atoms with Crippen LogP contribution in [0.2, 0.25) is 0 Å². The zero-order chi connectivity index (χ0) is 22.2. The van der Waals surface area contributed by atoms with Gasteiger partial charge in [-0.1, -0.05) is 24.3 Å². The van der Waals surface area contributed by atoms with E-state index in [-0.39, 0.29) is 18.9 Å². The fraction of sp³-hybridized carbons (Fsp3) is 0.320. The Hall–Kier alpha value is -2.10. The van der Waals surface area contributed by atoms with Crippen molar-refractivity contribution >= 4 is 36.6 Å². The number of rotatable bonds is 11. The van der Waals surface area contributed by atoms with Crippen LogP contribution >= 0.6 is 11.8 Å². The van der Waals surface area contributed by atoms with Gasteiger partial charge in [0.1, 0.15) is 12.4 Å². The van der Waals surface area contributed by atoms with Crippen LogP contribution in [0.25, 0.3) is 11.3 Å². The summed E-state index contributed by atoms with van der Waals surface area (Å²) in [5, 5.41) is 9.23. The second kappa shape index (κ2) is 12.8. The van der Waals surface area contributed by atoms with E-state index in [2.05, 4.69) is 54.1 Å². The summed E-state index contributed by atoms with van der Waals surface area (Å²) in [4.78, 5) is 12.5. The average Bonchev–Trinajstić information content (AvgIpc) is 3.15. The number of aliphatic carboxylic acids is 1. The van der Waals surface area contributed by atoms with Gasteiger partial charge in [-0.25, -0.2) is 4.79 Å². The van der Waals surface area contributed by atoms with Gasteiger partial charge in [-0.2, -0.15) is 0 Å². The molecule has 1 unspecified atom stereocenters. The first-order valence-corrected chi connectivity index (χ1v) is 11.6. The summed E-state index contributed by atoms with van der Waals surface area (Å²) in [5.41, 5.74) is 4.47. The van der Waals surface area contributed by atoms with Gasteiger partial charge in [0.25, 0.3) is 0 Å². The van der Waals surface area contributed by atoms with Crippen LogP contribution in [-0.2, 0) is 22.5 Å². The van der Waals surface area contributed by atoms with Crippen molar-refractivity contribution in [2.75, 3.05) is 19.5 Å². The van der Waals surface area contributed by atoms with Crippen molar-refractivity contribution in [1.29, 1.82) is 0 Å². The van der Waals surface area contributed by atoms with Gasteiger partial charge < -0.3 is 19.1 Å². The number of hydrogen-bond acceptors (Lipinski definition) is 4. The van der Waals surface area contributed by atoms with Gasteiger partial charge in [-0.3, -0.25) is 0 Å². The van der Waals surface area contributed by atoms with Crippen LogP contribution in [0, 0.1) is 6.92 Å². The van der Waals surface area contributed by atoms with Crippen LogP contribution in [0.3, 0.4) is 0 Å². The van der Waals surface area contributed by atoms with Crippen LogP contribution in [0.5, 0.6) is 5.75 Å². The van der Waals surface area contributed by atoms with Gasteiger partial charge in [-0.15, -0.1) is 11.8 Å². The summed E-state index contributed by atoms with van der Waals surface area (Å²) in [5.74, 6) is -0.175. The van der Waals surface area contributed by atoms with Crippen LogP contribution < -0.4 is 4.74 Å². The molecule has 0 aliphatic rings. The summed E-state index contributed by atoms with van der Waals surface area (Å²) in [7, 11) is 0.